The summed E-state index contributed by atoms with van der Waals surface area (Å²) < 4.78 is 15.5. The molecule has 13 heteroatoms. The van der Waals surface area contributed by atoms with Crippen molar-refractivity contribution in [3.63, 3.8) is 0 Å². The largest absolute Gasteiger partial charge is 0.481 e. The zero-order chi connectivity index (χ0) is 20.6. The molecule has 0 bridgehead atoms. The van der Waals surface area contributed by atoms with E-state index < -0.39 is 86.5 Å². The van der Waals surface area contributed by atoms with Gasteiger partial charge in [-0.3, -0.25) is 4.79 Å². The number of aliphatic hydroxyl groups is 8. The minimum atomic E-state index is -2.56. The summed E-state index contributed by atoms with van der Waals surface area (Å²) in [4.78, 5) is 10.9. The fourth-order valence-corrected chi connectivity index (χ4v) is 3.22. The van der Waals surface area contributed by atoms with Crippen LogP contribution in [0.3, 0.4) is 0 Å². The molecule has 0 amide bonds. The first-order valence-electron chi connectivity index (χ1n) is 8.06. The average molecular weight is 400 g/mol. The lowest BCUT2D eigenvalue weighted by Gasteiger charge is -2.48. The number of ether oxygens (including phenoxy) is 3. The van der Waals surface area contributed by atoms with Gasteiger partial charge < -0.3 is 60.2 Å². The van der Waals surface area contributed by atoms with E-state index in [1.165, 1.54) is 0 Å². The molecule has 2 fully saturated rings. The van der Waals surface area contributed by atoms with Crippen LogP contribution >= 0.6 is 0 Å². The lowest BCUT2D eigenvalue weighted by atomic mass is 9.81. The zero-order valence-corrected chi connectivity index (χ0v) is 14.0. The number of hydrogen-bond donors (Lipinski definition) is 9. The van der Waals surface area contributed by atoms with Crippen LogP contribution in [0, 0.1) is 0 Å². The smallest absolute Gasteiger partial charge is 0.306 e. The molecule has 0 saturated carbocycles. The van der Waals surface area contributed by atoms with Crippen LogP contribution in [0.2, 0.25) is 0 Å². The van der Waals surface area contributed by atoms with E-state index in [1.807, 2.05) is 0 Å². The number of aliphatic carboxylic acids is 1. The summed E-state index contributed by atoms with van der Waals surface area (Å²) in [6.07, 6.45) is -13.8. The van der Waals surface area contributed by atoms with Gasteiger partial charge in [0.2, 0.25) is 5.79 Å². The first-order valence-corrected chi connectivity index (χ1v) is 8.06. The third-order valence-electron chi connectivity index (χ3n) is 4.79. The summed E-state index contributed by atoms with van der Waals surface area (Å²) >= 11 is 0. The van der Waals surface area contributed by atoms with E-state index in [-0.39, 0.29) is 0 Å². The van der Waals surface area contributed by atoms with Crippen molar-refractivity contribution in [3.05, 3.63) is 0 Å². The van der Waals surface area contributed by atoms with Gasteiger partial charge in [0, 0.05) is 0 Å². The lowest BCUT2D eigenvalue weighted by Crippen LogP contribution is -2.69. The third-order valence-corrected chi connectivity index (χ3v) is 4.79. The summed E-state index contributed by atoms with van der Waals surface area (Å²) in [5, 5.41) is 87.6. The predicted molar refractivity (Wildman–Crippen MR) is 79.8 cm³/mol. The molecular weight excluding hydrogens is 376 g/mol. The maximum absolute atomic E-state index is 10.9. The first kappa shape index (κ1) is 22.3. The van der Waals surface area contributed by atoms with Crippen LogP contribution in [0.1, 0.15) is 6.42 Å². The number of carboxylic acid groups (broad SMARTS) is 1. The molecule has 2 aliphatic rings. The van der Waals surface area contributed by atoms with E-state index in [1.54, 1.807) is 0 Å². The highest BCUT2D eigenvalue weighted by Crippen LogP contribution is 2.38. The molecule has 0 aliphatic carbocycles. The molecule has 27 heavy (non-hydrogen) atoms. The van der Waals surface area contributed by atoms with Crippen molar-refractivity contribution < 1.29 is 65.0 Å². The quantitative estimate of drug-likeness (QED) is 0.194. The Morgan fingerprint density at radius 3 is 2.07 bits per heavy atom. The molecule has 0 aromatic rings. The normalized spacial score (nSPS) is 47.9. The van der Waals surface area contributed by atoms with Gasteiger partial charge in [-0.25, -0.2) is 0 Å². The van der Waals surface area contributed by atoms with Gasteiger partial charge in [-0.2, -0.15) is 0 Å². The number of carboxylic acids is 1. The van der Waals surface area contributed by atoms with Gasteiger partial charge in [-0.15, -0.1) is 0 Å². The molecule has 2 saturated heterocycles. The van der Waals surface area contributed by atoms with Crippen molar-refractivity contribution >= 4 is 5.97 Å². The molecule has 2 aliphatic heterocycles. The Hall–Kier alpha value is -0.970. The number of hydrogen-bond acceptors (Lipinski definition) is 12. The Labute approximate surface area is 152 Å². The van der Waals surface area contributed by atoms with Crippen molar-refractivity contribution in [1.82, 2.24) is 0 Å². The molecule has 0 aromatic heterocycles. The molecule has 9 atom stereocenters. The van der Waals surface area contributed by atoms with Crippen LogP contribution in [0.15, 0.2) is 0 Å². The van der Waals surface area contributed by atoms with Crippen molar-refractivity contribution in [2.45, 2.75) is 60.7 Å². The van der Waals surface area contributed by atoms with Gasteiger partial charge in [0.25, 0.3) is 0 Å². The maximum atomic E-state index is 10.9. The topological polar surface area (TPSA) is 227 Å². The second kappa shape index (κ2) is 8.18. The zero-order valence-electron chi connectivity index (χ0n) is 14.0. The minimum Gasteiger partial charge on any atom is -0.481 e. The van der Waals surface area contributed by atoms with Gasteiger partial charge in [0.15, 0.2) is 6.29 Å². The summed E-state index contributed by atoms with van der Waals surface area (Å²) in [5.41, 5.74) is -2.56. The SMILES string of the molecule is O=C(O)C[C@]1(O)[C@H](O)[C@@H](O)[C@@H](OC2(CO)O[C@H](CO)[C@@H](O)[C@@H]2O)O[C@@H]1CO. The molecule has 0 spiro atoms. The monoisotopic (exact) mass is 400 g/mol. The van der Waals surface area contributed by atoms with Crippen molar-refractivity contribution in [2.75, 3.05) is 19.8 Å². The van der Waals surface area contributed by atoms with Gasteiger partial charge in [0.1, 0.15) is 48.8 Å². The Morgan fingerprint density at radius 2 is 1.63 bits per heavy atom. The van der Waals surface area contributed by atoms with Gasteiger partial charge in [-0.1, -0.05) is 0 Å². The minimum absolute atomic E-state index is 0.738. The van der Waals surface area contributed by atoms with Crippen LogP contribution < -0.4 is 0 Å². The van der Waals surface area contributed by atoms with Crippen LogP contribution in [0.4, 0.5) is 0 Å². The van der Waals surface area contributed by atoms with E-state index >= 15 is 0 Å². The Bertz CT molecular complexity index is 527. The third kappa shape index (κ3) is 3.81. The molecule has 1 unspecified atom stereocenters. The maximum Gasteiger partial charge on any atom is 0.306 e. The summed E-state index contributed by atoms with van der Waals surface area (Å²) in [5.74, 6) is -3.90. The highest BCUT2D eigenvalue weighted by Gasteiger charge is 2.61. The molecule has 2 rings (SSSR count). The molecule has 158 valence electrons. The van der Waals surface area contributed by atoms with E-state index in [2.05, 4.69) is 0 Å². The number of aliphatic hydroxyl groups excluding tert-OH is 7. The van der Waals surface area contributed by atoms with Crippen LogP contribution in [0.5, 0.6) is 0 Å². The molecule has 0 aromatic carbocycles. The molecule has 0 radical (unpaired) electrons. The standard InChI is InChI=1S/C14H24O13/c15-2-5-8(20)11(23)14(4-17,26-5)27-12-9(21)10(22)13(24,1-7(18)19)6(3-16)25-12/h5-6,8-12,15-17,20-24H,1-4H2,(H,18,19)/t5-,6-,8-,9-,10-,11+,12-,13-,14?/m1/s1. The summed E-state index contributed by atoms with van der Waals surface area (Å²) in [6.45, 7) is -2.77. The van der Waals surface area contributed by atoms with Gasteiger partial charge >= 0.3 is 5.97 Å². The molecular formula is C14H24O13. The summed E-state index contributed by atoms with van der Waals surface area (Å²) in [6, 6.07) is 0. The number of carbonyl (C=O) groups is 1. The van der Waals surface area contributed by atoms with Crippen LogP contribution in [0.25, 0.3) is 0 Å². The van der Waals surface area contributed by atoms with Crippen LogP contribution in [-0.4, -0.2) is 126 Å². The van der Waals surface area contributed by atoms with E-state index in [4.69, 9.17) is 24.4 Å². The van der Waals surface area contributed by atoms with E-state index in [9.17, 15) is 40.5 Å². The number of rotatable bonds is 7. The van der Waals surface area contributed by atoms with Crippen molar-refractivity contribution in [3.8, 4) is 0 Å². The highest BCUT2D eigenvalue weighted by atomic mass is 16.8. The lowest BCUT2D eigenvalue weighted by molar-refractivity contribution is -0.396. The fraction of sp³-hybridized carbons (Fsp3) is 0.929. The first-order chi connectivity index (χ1) is 12.6. The fourth-order valence-electron chi connectivity index (χ4n) is 3.22. The summed E-state index contributed by atoms with van der Waals surface area (Å²) in [7, 11) is 0. The van der Waals surface area contributed by atoms with E-state index in [0.717, 1.165) is 0 Å². The van der Waals surface area contributed by atoms with Crippen molar-refractivity contribution in [2.24, 2.45) is 0 Å². The van der Waals surface area contributed by atoms with E-state index in [0.29, 0.717) is 0 Å². The Kier molecular flexibility index (Phi) is 6.76. The average Bonchev–Trinajstić information content (AvgIpc) is 2.87. The second-order valence-corrected chi connectivity index (χ2v) is 6.53. The van der Waals surface area contributed by atoms with Crippen LogP contribution in [-0.2, 0) is 19.0 Å². The highest BCUT2D eigenvalue weighted by molar-refractivity contribution is 5.68. The second-order valence-electron chi connectivity index (χ2n) is 6.53. The molecule has 2 heterocycles. The Balaban J connectivity index is 2.25. The van der Waals surface area contributed by atoms with Crippen molar-refractivity contribution in [1.29, 1.82) is 0 Å². The predicted octanol–water partition coefficient (Wildman–Crippen LogP) is -5.55. The molecule has 13 nitrogen and oxygen atoms in total. The van der Waals surface area contributed by atoms with Gasteiger partial charge in [-0.05, 0) is 0 Å². The Morgan fingerprint density at radius 1 is 1.00 bits per heavy atom. The van der Waals surface area contributed by atoms with Gasteiger partial charge in [0.05, 0.1) is 19.6 Å². The molecule has 9 N–H and O–H groups in total.